The monoisotopic (exact) mass is 395 g/mol. The number of likely N-dealkylation sites (N-methyl/N-ethyl adjacent to an activating group) is 1. The second kappa shape index (κ2) is 8.37. The van der Waals surface area contributed by atoms with Gasteiger partial charge in [-0.1, -0.05) is 42.5 Å². The molecule has 0 radical (unpaired) electrons. The van der Waals surface area contributed by atoms with Crippen molar-refractivity contribution in [2.24, 2.45) is 0 Å². The molecule has 2 aromatic carbocycles. The first-order valence-electron chi connectivity index (χ1n) is 9.64. The van der Waals surface area contributed by atoms with Crippen LogP contribution in [0.1, 0.15) is 26.9 Å². The Morgan fingerprint density at radius 3 is 2.36 bits per heavy atom. The first kappa shape index (κ1) is 19.0. The van der Waals surface area contributed by atoms with Gasteiger partial charge in [-0.25, -0.2) is 0 Å². The molecule has 6 heteroatoms. The van der Waals surface area contributed by atoms with Crippen molar-refractivity contribution in [3.63, 3.8) is 0 Å². The zero-order valence-corrected chi connectivity index (χ0v) is 16.9. The van der Waals surface area contributed by atoms with Gasteiger partial charge < -0.3 is 14.7 Å². The Morgan fingerprint density at radius 2 is 1.68 bits per heavy atom. The molecule has 4 rings (SSSR count). The zero-order valence-electron chi connectivity index (χ0n) is 16.1. The van der Waals surface area contributed by atoms with Gasteiger partial charge in [0.25, 0.3) is 5.91 Å². The molecule has 2 saturated heterocycles. The standard InChI is InChI=1S/C22H25N3O2S/c1-23-11-13-24(14-12-23)21(27)18-7-9-19(10-8-18)22-25(20(26)16-28-22)15-17-5-3-2-4-6-17/h2-10,22H,11-16H2,1H3/t22-/m1/s1. The highest BCUT2D eigenvalue weighted by Crippen LogP contribution is 2.39. The van der Waals surface area contributed by atoms with E-state index >= 15 is 0 Å². The van der Waals surface area contributed by atoms with Crippen LogP contribution in [0.2, 0.25) is 0 Å². The minimum absolute atomic E-state index is 0.000458. The van der Waals surface area contributed by atoms with Crippen molar-refractivity contribution < 1.29 is 9.59 Å². The van der Waals surface area contributed by atoms with Crippen LogP contribution in [0.3, 0.4) is 0 Å². The fourth-order valence-electron chi connectivity index (χ4n) is 3.66. The van der Waals surface area contributed by atoms with Crippen LogP contribution in [-0.4, -0.2) is 65.5 Å². The van der Waals surface area contributed by atoms with E-state index in [0.717, 1.165) is 42.9 Å². The van der Waals surface area contributed by atoms with Crippen molar-refractivity contribution in [1.29, 1.82) is 0 Å². The maximum absolute atomic E-state index is 12.7. The van der Waals surface area contributed by atoms with Crippen LogP contribution in [0.4, 0.5) is 0 Å². The van der Waals surface area contributed by atoms with Crippen molar-refractivity contribution in [1.82, 2.24) is 14.7 Å². The van der Waals surface area contributed by atoms with Crippen LogP contribution >= 0.6 is 11.8 Å². The van der Waals surface area contributed by atoms with E-state index in [1.54, 1.807) is 11.8 Å². The highest BCUT2D eigenvalue weighted by atomic mass is 32.2. The Hall–Kier alpha value is -2.31. The molecular formula is C22H25N3O2S. The molecule has 146 valence electrons. The molecule has 1 atom stereocenters. The summed E-state index contributed by atoms with van der Waals surface area (Å²) >= 11 is 1.65. The highest BCUT2D eigenvalue weighted by Gasteiger charge is 2.33. The fraction of sp³-hybridized carbons (Fsp3) is 0.364. The van der Waals surface area contributed by atoms with Crippen molar-refractivity contribution in [2.75, 3.05) is 39.0 Å². The van der Waals surface area contributed by atoms with E-state index in [0.29, 0.717) is 12.3 Å². The van der Waals surface area contributed by atoms with E-state index < -0.39 is 0 Å². The van der Waals surface area contributed by atoms with Gasteiger partial charge in [-0.05, 0) is 30.3 Å². The molecular weight excluding hydrogens is 370 g/mol. The van der Waals surface area contributed by atoms with Crippen LogP contribution in [0.25, 0.3) is 0 Å². The minimum atomic E-state index is 0.000458. The molecule has 0 aliphatic carbocycles. The van der Waals surface area contributed by atoms with Crippen molar-refractivity contribution >= 4 is 23.6 Å². The van der Waals surface area contributed by atoms with Crippen LogP contribution < -0.4 is 0 Å². The van der Waals surface area contributed by atoms with Gasteiger partial charge in [0.1, 0.15) is 5.37 Å². The molecule has 2 aromatic rings. The summed E-state index contributed by atoms with van der Waals surface area (Å²) in [4.78, 5) is 31.2. The van der Waals surface area contributed by atoms with Gasteiger partial charge in [0.15, 0.2) is 0 Å². The second-order valence-corrected chi connectivity index (χ2v) is 8.46. The molecule has 0 bridgehead atoms. The SMILES string of the molecule is CN1CCN(C(=O)c2ccc([C@H]3SCC(=O)N3Cc3ccccc3)cc2)CC1. The average molecular weight is 396 g/mol. The lowest BCUT2D eigenvalue weighted by Crippen LogP contribution is -2.47. The van der Waals surface area contributed by atoms with Crippen molar-refractivity contribution in [2.45, 2.75) is 11.9 Å². The number of hydrogen-bond donors (Lipinski definition) is 0. The number of benzene rings is 2. The van der Waals surface area contributed by atoms with E-state index in [9.17, 15) is 9.59 Å². The number of rotatable bonds is 4. The summed E-state index contributed by atoms with van der Waals surface area (Å²) in [5.41, 5.74) is 2.92. The molecule has 2 aliphatic rings. The molecule has 5 nitrogen and oxygen atoms in total. The first-order valence-corrected chi connectivity index (χ1v) is 10.7. The van der Waals surface area contributed by atoms with E-state index in [2.05, 4.69) is 11.9 Å². The third kappa shape index (κ3) is 4.08. The summed E-state index contributed by atoms with van der Waals surface area (Å²) in [6.45, 7) is 3.99. The van der Waals surface area contributed by atoms with E-state index in [-0.39, 0.29) is 17.2 Å². The molecule has 0 unspecified atom stereocenters. The van der Waals surface area contributed by atoms with Crippen LogP contribution in [-0.2, 0) is 11.3 Å². The van der Waals surface area contributed by atoms with Gasteiger partial charge in [-0.15, -0.1) is 11.8 Å². The van der Waals surface area contributed by atoms with Gasteiger partial charge in [0.05, 0.1) is 5.75 Å². The molecule has 0 N–H and O–H groups in total. The van der Waals surface area contributed by atoms with Crippen LogP contribution in [0, 0.1) is 0 Å². The predicted octanol–water partition coefficient (Wildman–Crippen LogP) is 2.85. The number of amides is 2. The number of piperazine rings is 1. The third-order valence-corrected chi connectivity index (χ3v) is 6.65. The van der Waals surface area contributed by atoms with Gasteiger partial charge >= 0.3 is 0 Å². The van der Waals surface area contributed by atoms with E-state index in [1.807, 2.05) is 64.4 Å². The van der Waals surface area contributed by atoms with Gasteiger partial charge in [-0.3, -0.25) is 9.59 Å². The highest BCUT2D eigenvalue weighted by molar-refractivity contribution is 8.00. The first-order chi connectivity index (χ1) is 13.6. The van der Waals surface area contributed by atoms with Crippen molar-refractivity contribution in [3.8, 4) is 0 Å². The number of carbonyl (C=O) groups excluding carboxylic acids is 2. The Balaban J connectivity index is 1.46. The lowest BCUT2D eigenvalue weighted by Gasteiger charge is -2.32. The molecule has 2 fully saturated rings. The van der Waals surface area contributed by atoms with E-state index in [4.69, 9.17) is 0 Å². The summed E-state index contributed by atoms with van der Waals surface area (Å²) in [6, 6.07) is 17.9. The van der Waals surface area contributed by atoms with E-state index in [1.165, 1.54) is 0 Å². The lowest BCUT2D eigenvalue weighted by molar-refractivity contribution is -0.128. The maximum atomic E-state index is 12.7. The van der Waals surface area contributed by atoms with Crippen LogP contribution in [0.15, 0.2) is 54.6 Å². The molecule has 2 aliphatic heterocycles. The molecule has 2 heterocycles. The average Bonchev–Trinajstić information content (AvgIpc) is 3.09. The smallest absolute Gasteiger partial charge is 0.253 e. The molecule has 0 spiro atoms. The topological polar surface area (TPSA) is 43.9 Å². The zero-order chi connectivity index (χ0) is 19.5. The molecule has 28 heavy (non-hydrogen) atoms. The molecule has 2 amide bonds. The Kier molecular flexibility index (Phi) is 5.69. The van der Waals surface area contributed by atoms with Crippen molar-refractivity contribution in [3.05, 3.63) is 71.3 Å². The predicted molar refractivity (Wildman–Crippen MR) is 112 cm³/mol. The number of carbonyl (C=O) groups is 2. The largest absolute Gasteiger partial charge is 0.336 e. The van der Waals surface area contributed by atoms with Gasteiger partial charge in [0, 0.05) is 38.3 Å². The molecule has 0 saturated carbocycles. The normalized spacial score (nSPS) is 20.6. The number of nitrogens with zero attached hydrogens (tertiary/aromatic N) is 3. The summed E-state index contributed by atoms with van der Waals surface area (Å²) in [7, 11) is 2.08. The number of thioether (sulfide) groups is 1. The fourth-order valence-corrected chi connectivity index (χ4v) is 4.85. The summed E-state index contributed by atoms with van der Waals surface area (Å²) in [6.07, 6.45) is 0. The van der Waals surface area contributed by atoms with Gasteiger partial charge in [0.2, 0.25) is 5.91 Å². The Bertz CT molecular complexity index is 833. The maximum Gasteiger partial charge on any atom is 0.253 e. The lowest BCUT2D eigenvalue weighted by atomic mass is 10.1. The third-order valence-electron chi connectivity index (χ3n) is 5.40. The number of hydrogen-bond acceptors (Lipinski definition) is 4. The quantitative estimate of drug-likeness (QED) is 0.799. The summed E-state index contributed by atoms with van der Waals surface area (Å²) in [5.74, 6) is 0.756. The minimum Gasteiger partial charge on any atom is -0.336 e. The Labute approximate surface area is 170 Å². The summed E-state index contributed by atoms with van der Waals surface area (Å²) < 4.78 is 0. The summed E-state index contributed by atoms with van der Waals surface area (Å²) in [5, 5.41) is 0.000458. The van der Waals surface area contributed by atoms with Gasteiger partial charge in [-0.2, -0.15) is 0 Å². The molecule has 0 aromatic heterocycles. The van der Waals surface area contributed by atoms with Crippen LogP contribution in [0.5, 0.6) is 0 Å². The Morgan fingerprint density at radius 1 is 1.00 bits per heavy atom. The second-order valence-electron chi connectivity index (χ2n) is 7.39.